The minimum Gasteiger partial charge on any atom is -0.506 e. The summed E-state index contributed by atoms with van der Waals surface area (Å²) in [4.78, 5) is 4.51. The smallest absolute Gasteiger partial charge is 0.178 e. The van der Waals surface area contributed by atoms with Crippen LogP contribution in [0.25, 0.3) is 16.9 Å². The molecule has 0 bridgehead atoms. The van der Waals surface area contributed by atoms with Crippen molar-refractivity contribution in [3.63, 3.8) is 0 Å². The van der Waals surface area contributed by atoms with E-state index in [1.54, 1.807) is 24.9 Å². The fraction of sp³-hybridized carbons (Fsp3) is 0.120. The predicted octanol–water partition coefficient (Wildman–Crippen LogP) is 4.80. The average molecular weight is 462 g/mol. The summed E-state index contributed by atoms with van der Waals surface area (Å²) in [5.74, 6) is 0.588. The Morgan fingerprint density at radius 3 is 2.45 bits per heavy atom. The van der Waals surface area contributed by atoms with E-state index in [1.807, 2.05) is 60.8 Å². The van der Waals surface area contributed by atoms with E-state index < -0.39 is 9.84 Å². The molecule has 0 atom stereocenters. The molecule has 1 N–H and O–H groups in total. The van der Waals surface area contributed by atoms with Crippen LogP contribution in [0, 0.1) is 0 Å². The van der Waals surface area contributed by atoms with Crippen molar-refractivity contribution >= 4 is 21.7 Å². The van der Waals surface area contributed by atoms with Crippen LogP contribution in [0.1, 0.15) is 12.5 Å². The molecule has 0 unspecified atom stereocenters. The number of phenolic OH excluding ortho intramolecular Hbond substituents is 1. The van der Waals surface area contributed by atoms with E-state index in [2.05, 4.69) is 4.99 Å². The molecule has 0 aliphatic heterocycles. The topological polar surface area (TPSA) is 93.8 Å². The van der Waals surface area contributed by atoms with Crippen LogP contribution in [0.4, 0.5) is 5.69 Å². The monoisotopic (exact) mass is 461 g/mol. The molecule has 33 heavy (non-hydrogen) atoms. The molecule has 0 saturated heterocycles. The van der Waals surface area contributed by atoms with Crippen LogP contribution in [-0.2, 0) is 9.84 Å². The van der Waals surface area contributed by atoms with Gasteiger partial charge < -0.3 is 9.84 Å². The molecule has 3 aromatic carbocycles. The highest BCUT2D eigenvalue weighted by molar-refractivity contribution is 7.91. The largest absolute Gasteiger partial charge is 0.506 e. The van der Waals surface area contributed by atoms with E-state index in [0.29, 0.717) is 11.3 Å². The summed E-state index contributed by atoms with van der Waals surface area (Å²) in [6, 6.07) is 21.3. The Kier molecular flexibility index (Phi) is 6.28. The maximum absolute atomic E-state index is 12.2. The fourth-order valence-corrected chi connectivity index (χ4v) is 4.17. The van der Waals surface area contributed by atoms with Crippen LogP contribution >= 0.6 is 0 Å². The van der Waals surface area contributed by atoms with E-state index >= 15 is 0 Å². The predicted molar refractivity (Wildman–Crippen MR) is 129 cm³/mol. The minimum absolute atomic E-state index is 0.0353. The third kappa shape index (κ3) is 4.80. The fourth-order valence-electron chi connectivity index (χ4n) is 3.27. The molecule has 0 saturated carbocycles. The van der Waals surface area contributed by atoms with Gasteiger partial charge >= 0.3 is 0 Å². The van der Waals surface area contributed by atoms with Gasteiger partial charge in [-0.3, -0.25) is 4.99 Å². The highest BCUT2D eigenvalue weighted by atomic mass is 32.2. The number of aromatic nitrogens is 2. The Bertz CT molecular complexity index is 1390. The summed E-state index contributed by atoms with van der Waals surface area (Å²) in [5, 5.41) is 15.0. The zero-order valence-electron chi connectivity index (χ0n) is 18.2. The van der Waals surface area contributed by atoms with E-state index in [9.17, 15) is 13.5 Å². The van der Waals surface area contributed by atoms with Crippen molar-refractivity contribution in [2.75, 3.05) is 12.9 Å². The van der Waals surface area contributed by atoms with Crippen LogP contribution in [0.3, 0.4) is 0 Å². The number of benzene rings is 3. The molecule has 0 amide bonds. The summed E-state index contributed by atoms with van der Waals surface area (Å²) < 4.78 is 31.5. The van der Waals surface area contributed by atoms with Gasteiger partial charge in [0.1, 0.15) is 22.9 Å². The molecule has 1 aromatic heterocycles. The molecule has 0 aliphatic rings. The molecule has 7 nitrogen and oxygen atoms in total. The summed E-state index contributed by atoms with van der Waals surface area (Å²) in [6.07, 6.45) is 3.41. The van der Waals surface area contributed by atoms with Crippen molar-refractivity contribution in [1.29, 1.82) is 0 Å². The Labute approximate surface area is 192 Å². The second kappa shape index (κ2) is 9.30. The molecule has 4 aromatic rings. The number of hydrogen-bond donors (Lipinski definition) is 1. The normalized spacial score (nSPS) is 11.7. The molecule has 0 spiro atoms. The lowest BCUT2D eigenvalue weighted by Crippen LogP contribution is -2.03. The average Bonchev–Trinajstić information content (AvgIpc) is 3.28. The van der Waals surface area contributed by atoms with Gasteiger partial charge in [-0.25, -0.2) is 13.1 Å². The lowest BCUT2D eigenvalue weighted by Gasteiger charge is -2.04. The molecule has 0 radical (unpaired) electrons. The van der Waals surface area contributed by atoms with Gasteiger partial charge in [0.2, 0.25) is 0 Å². The van der Waals surface area contributed by atoms with Crippen molar-refractivity contribution < 1.29 is 18.3 Å². The Morgan fingerprint density at radius 1 is 1.06 bits per heavy atom. The van der Waals surface area contributed by atoms with Gasteiger partial charge in [-0.15, -0.1) is 0 Å². The third-order valence-electron chi connectivity index (χ3n) is 5.16. The molecular weight excluding hydrogens is 438 g/mol. The molecule has 4 rings (SSSR count). The van der Waals surface area contributed by atoms with Crippen LogP contribution < -0.4 is 4.74 Å². The quantitative estimate of drug-likeness (QED) is 0.399. The zero-order chi connectivity index (χ0) is 23.4. The van der Waals surface area contributed by atoms with Gasteiger partial charge in [-0.2, -0.15) is 5.10 Å². The number of hydrogen-bond acceptors (Lipinski definition) is 6. The van der Waals surface area contributed by atoms with E-state index in [0.717, 1.165) is 17.0 Å². The Morgan fingerprint density at radius 2 is 1.79 bits per heavy atom. The number of phenols is 1. The summed E-state index contributed by atoms with van der Waals surface area (Å²) in [6.45, 7) is 1.57. The maximum atomic E-state index is 12.2. The van der Waals surface area contributed by atoms with Gasteiger partial charge in [0.25, 0.3) is 0 Å². The first kappa shape index (κ1) is 22.3. The second-order valence-corrected chi connectivity index (χ2v) is 9.53. The molecule has 168 valence electrons. The van der Waals surface area contributed by atoms with Crippen molar-refractivity contribution in [2.45, 2.75) is 11.8 Å². The van der Waals surface area contributed by atoms with Crippen molar-refractivity contribution in [3.05, 3.63) is 84.6 Å². The lowest BCUT2D eigenvalue weighted by molar-refractivity contribution is 0.415. The van der Waals surface area contributed by atoms with E-state index in [-0.39, 0.29) is 22.1 Å². The minimum atomic E-state index is -3.42. The molecular formula is C25H23N3O4S. The molecule has 8 heteroatoms. The molecule has 0 aliphatic carbocycles. The summed E-state index contributed by atoms with van der Waals surface area (Å²) in [5.41, 5.74) is 3.29. The highest BCUT2D eigenvalue weighted by Crippen LogP contribution is 2.31. The molecule has 0 fully saturated rings. The first-order chi connectivity index (χ1) is 15.9. The number of nitrogens with zero attached hydrogens (tertiary/aromatic N) is 3. The SMILES string of the molecule is CCS(=O)(=O)c1ccc(O)c(N=Cc2cn(-c3ccccc3)nc2-c2ccc(OC)cc2)c1. The van der Waals surface area contributed by atoms with Crippen LogP contribution in [0.2, 0.25) is 0 Å². The van der Waals surface area contributed by atoms with E-state index in [1.165, 1.54) is 18.2 Å². The number of aromatic hydroxyl groups is 1. The third-order valence-corrected chi connectivity index (χ3v) is 6.89. The van der Waals surface area contributed by atoms with Crippen molar-refractivity contribution in [1.82, 2.24) is 9.78 Å². The lowest BCUT2D eigenvalue weighted by atomic mass is 10.1. The van der Waals surface area contributed by atoms with Gasteiger partial charge in [0, 0.05) is 23.5 Å². The van der Waals surface area contributed by atoms with Crippen molar-refractivity contribution in [2.24, 2.45) is 4.99 Å². The number of aliphatic imine (C=N–C) groups is 1. The standard InChI is InChI=1S/C25H23N3O4S/c1-3-33(30,31)22-13-14-24(29)23(15-22)26-16-19-17-28(20-7-5-4-6-8-20)27-25(19)18-9-11-21(32-2)12-10-18/h4-17,29H,3H2,1-2H3. The van der Waals surface area contributed by atoms with E-state index in [4.69, 9.17) is 9.84 Å². The number of ether oxygens (including phenoxy) is 1. The van der Waals surface area contributed by atoms with Crippen molar-refractivity contribution in [3.8, 4) is 28.4 Å². The Balaban J connectivity index is 1.79. The first-order valence-electron chi connectivity index (χ1n) is 10.3. The summed E-state index contributed by atoms with van der Waals surface area (Å²) in [7, 11) is -1.82. The number of sulfone groups is 1. The van der Waals surface area contributed by atoms with Crippen LogP contribution in [-0.4, -0.2) is 42.4 Å². The van der Waals surface area contributed by atoms with Gasteiger partial charge in [0.15, 0.2) is 9.84 Å². The maximum Gasteiger partial charge on any atom is 0.178 e. The van der Waals surface area contributed by atoms with Gasteiger partial charge in [-0.05, 0) is 54.6 Å². The summed E-state index contributed by atoms with van der Waals surface area (Å²) >= 11 is 0. The first-order valence-corrected chi connectivity index (χ1v) is 12.0. The number of methoxy groups -OCH3 is 1. The highest BCUT2D eigenvalue weighted by Gasteiger charge is 2.15. The van der Waals surface area contributed by atoms with Gasteiger partial charge in [0.05, 0.1) is 23.4 Å². The second-order valence-electron chi connectivity index (χ2n) is 7.25. The van der Waals surface area contributed by atoms with Crippen LogP contribution in [0.5, 0.6) is 11.5 Å². The van der Waals surface area contributed by atoms with Gasteiger partial charge in [-0.1, -0.05) is 25.1 Å². The van der Waals surface area contributed by atoms with Crippen LogP contribution in [0.15, 0.2) is 88.9 Å². The Hall–Kier alpha value is -3.91. The number of rotatable bonds is 7. The molecule has 1 heterocycles. The number of para-hydroxylation sites is 1. The zero-order valence-corrected chi connectivity index (χ0v) is 19.0.